The Bertz CT molecular complexity index is 436. The van der Waals surface area contributed by atoms with Crippen molar-refractivity contribution in [2.24, 2.45) is 11.8 Å². The fourth-order valence-corrected chi connectivity index (χ4v) is 2.62. The molecule has 3 nitrogen and oxygen atoms in total. The van der Waals surface area contributed by atoms with Crippen molar-refractivity contribution < 1.29 is 4.79 Å². The number of hydrogen-bond donors (Lipinski definition) is 0. The molecule has 0 saturated heterocycles. The summed E-state index contributed by atoms with van der Waals surface area (Å²) in [4.78, 5) is 14.6. The van der Waals surface area contributed by atoms with Gasteiger partial charge in [0.05, 0.1) is 17.0 Å². The monoisotopic (exact) mass is 270 g/mol. The van der Waals surface area contributed by atoms with Crippen molar-refractivity contribution in [1.82, 2.24) is 4.90 Å². The van der Waals surface area contributed by atoms with E-state index in [2.05, 4.69) is 6.07 Å². The van der Waals surface area contributed by atoms with Crippen LogP contribution in [0.15, 0.2) is 12.1 Å². The van der Waals surface area contributed by atoms with Gasteiger partial charge in [-0.3, -0.25) is 4.79 Å². The van der Waals surface area contributed by atoms with Crippen LogP contribution in [0.25, 0.3) is 0 Å². The molecule has 0 aromatic carbocycles. The van der Waals surface area contributed by atoms with E-state index in [1.54, 1.807) is 11.9 Å². The van der Waals surface area contributed by atoms with Gasteiger partial charge in [-0.25, -0.2) is 0 Å². The van der Waals surface area contributed by atoms with E-state index in [1.807, 2.05) is 26.0 Å². The molecule has 1 atom stereocenters. The van der Waals surface area contributed by atoms with Gasteiger partial charge in [0, 0.05) is 11.9 Å². The molecule has 0 spiro atoms. The van der Waals surface area contributed by atoms with Gasteiger partial charge >= 0.3 is 0 Å². The Kier molecular flexibility index (Phi) is 4.98. The minimum atomic E-state index is -0.574. The Balaban J connectivity index is 2.67. The molecule has 1 rings (SSSR count). The maximum Gasteiger partial charge on any atom is 0.240 e. The van der Waals surface area contributed by atoms with Crippen LogP contribution in [0.2, 0.25) is 4.34 Å². The van der Waals surface area contributed by atoms with Crippen molar-refractivity contribution in [3.63, 3.8) is 0 Å². The first kappa shape index (κ1) is 14.0. The van der Waals surface area contributed by atoms with Crippen molar-refractivity contribution in [2.45, 2.75) is 20.4 Å². The maximum atomic E-state index is 12.0. The Labute approximate surface area is 111 Å². The summed E-state index contributed by atoms with van der Waals surface area (Å²) < 4.78 is 0.710. The zero-order valence-corrected chi connectivity index (χ0v) is 11.7. The summed E-state index contributed by atoms with van der Waals surface area (Å²) in [5.74, 6) is -0.677. The number of halogens is 1. The lowest BCUT2D eigenvalue weighted by molar-refractivity contribution is -0.134. The van der Waals surface area contributed by atoms with E-state index in [0.29, 0.717) is 10.9 Å². The van der Waals surface area contributed by atoms with E-state index in [9.17, 15) is 4.79 Å². The lowest BCUT2D eigenvalue weighted by Crippen LogP contribution is -2.34. The van der Waals surface area contributed by atoms with Crippen LogP contribution in [0.4, 0.5) is 0 Å². The van der Waals surface area contributed by atoms with Gasteiger partial charge in [0.15, 0.2) is 0 Å². The molecule has 0 saturated carbocycles. The number of hydrogen-bond acceptors (Lipinski definition) is 3. The first-order valence-corrected chi connectivity index (χ1v) is 6.54. The van der Waals surface area contributed by atoms with Gasteiger partial charge in [-0.2, -0.15) is 5.26 Å². The van der Waals surface area contributed by atoms with Crippen molar-refractivity contribution in [2.75, 3.05) is 7.05 Å². The Morgan fingerprint density at radius 2 is 2.24 bits per heavy atom. The summed E-state index contributed by atoms with van der Waals surface area (Å²) >= 11 is 7.28. The molecule has 1 heterocycles. The number of thiophene rings is 1. The van der Waals surface area contributed by atoms with Gasteiger partial charge in [0.2, 0.25) is 5.91 Å². The minimum absolute atomic E-state index is 0.0295. The molecule has 0 aliphatic carbocycles. The second-order valence-corrected chi connectivity index (χ2v) is 6.05. The Hall–Kier alpha value is -1.05. The fraction of sp³-hybridized carbons (Fsp3) is 0.500. The van der Waals surface area contributed by atoms with Gasteiger partial charge in [-0.15, -0.1) is 11.3 Å². The first-order valence-electron chi connectivity index (χ1n) is 5.34. The van der Waals surface area contributed by atoms with E-state index in [-0.39, 0.29) is 11.8 Å². The van der Waals surface area contributed by atoms with Crippen molar-refractivity contribution >= 4 is 28.8 Å². The van der Waals surface area contributed by atoms with Gasteiger partial charge in [0.25, 0.3) is 0 Å². The molecular weight excluding hydrogens is 256 g/mol. The largest absolute Gasteiger partial charge is 0.339 e. The van der Waals surface area contributed by atoms with Crippen LogP contribution >= 0.6 is 22.9 Å². The van der Waals surface area contributed by atoms with Crippen LogP contribution in [0.5, 0.6) is 0 Å². The van der Waals surface area contributed by atoms with Crippen molar-refractivity contribution in [3.05, 3.63) is 21.3 Å². The summed E-state index contributed by atoms with van der Waals surface area (Å²) in [5.41, 5.74) is 0. The summed E-state index contributed by atoms with van der Waals surface area (Å²) in [6.07, 6.45) is 0. The fourth-order valence-electron chi connectivity index (χ4n) is 1.48. The highest BCUT2D eigenvalue weighted by Crippen LogP contribution is 2.23. The number of nitrogens with zero attached hydrogens (tertiary/aromatic N) is 2. The summed E-state index contributed by atoms with van der Waals surface area (Å²) in [6, 6.07) is 5.77. The van der Waals surface area contributed by atoms with Gasteiger partial charge < -0.3 is 4.90 Å². The maximum absolute atomic E-state index is 12.0. The van der Waals surface area contributed by atoms with Crippen LogP contribution in [-0.2, 0) is 11.3 Å². The lowest BCUT2D eigenvalue weighted by Gasteiger charge is -2.21. The molecule has 0 fully saturated rings. The molecule has 0 radical (unpaired) electrons. The number of nitriles is 1. The number of carbonyl (C=O) groups excluding carboxylic acids is 1. The molecule has 1 aromatic rings. The standard InChI is InChI=1S/C12H15ClN2OS/c1-8(2)10(6-14)12(16)15(3)7-9-4-5-11(13)17-9/h4-5,8,10H,7H2,1-3H3. The summed E-state index contributed by atoms with van der Waals surface area (Å²) in [5, 5.41) is 8.97. The van der Waals surface area contributed by atoms with Gasteiger partial charge in [-0.1, -0.05) is 25.4 Å². The Morgan fingerprint density at radius 3 is 2.65 bits per heavy atom. The number of carbonyl (C=O) groups is 1. The Morgan fingerprint density at radius 1 is 1.59 bits per heavy atom. The summed E-state index contributed by atoms with van der Waals surface area (Å²) in [6.45, 7) is 4.25. The number of rotatable bonds is 4. The quantitative estimate of drug-likeness (QED) is 0.844. The van der Waals surface area contributed by atoms with Gasteiger partial charge in [-0.05, 0) is 18.1 Å². The molecular formula is C12H15ClN2OS. The minimum Gasteiger partial charge on any atom is -0.339 e. The van der Waals surface area contributed by atoms with Crippen LogP contribution in [0.1, 0.15) is 18.7 Å². The molecule has 17 heavy (non-hydrogen) atoms. The second kappa shape index (κ2) is 6.04. The molecule has 92 valence electrons. The van der Waals surface area contributed by atoms with Crippen LogP contribution in [0, 0.1) is 23.2 Å². The third-order valence-corrected chi connectivity index (χ3v) is 3.69. The molecule has 1 aromatic heterocycles. The van der Waals surface area contributed by atoms with Crippen LogP contribution < -0.4 is 0 Å². The molecule has 0 aliphatic heterocycles. The summed E-state index contributed by atoms with van der Waals surface area (Å²) in [7, 11) is 1.71. The third kappa shape index (κ3) is 3.72. The highest BCUT2D eigenvalue weighted by molar-refractivity contribution is 7.16. The first-order chi connectivity index (χ1) is 7.95. The highest BCUT2D eigenvalue weighted by atomic mass is 35.5. The molecule has 5 heteroatoms. The molecule has 0 aliphatic rings. The average molecular weight is 271 g/mol. The molecule has 1 amide bonds. The van der Waals surface area contributed by atoms with E-state index in [1.165, 1.54) is 11.3 Å². The molecule has 0 N–H and O–H groups in total. The number of amides is 1. The van der Waals surface area contributed by atoms with E-state index >= 15 is 0 Å². The zero-order chi connectivity index (χ0) is 13.0. The topological polar surface area (TPSA) is 44.1 Å². The van der Waals surface area contributed by atoms with Crippen LogP contribution in [0.3, 0.4) is 0 Å². The highest BCUT2D eigenvalue weighted by Gasteiger charge is 2.25. The zero-order valence-electron chi connectivity index (χ0n) is 10.1. The average Bonchev–Trinajstić information content (AvgIpc) is 2.64. The lowest BCUT2D eigenvalue weighted by atomic mass is 9.96. The van der Waals surface area contributed by atoms with E-state index < -0.39 is 5.92 Å². The molecule has 1 unspecified atom stereocenters. The van der Waals surface area contributed by atoms with Gasteiger partial charge in [0.1, 0.15) is 5.92 Å². The molecule has 0 bridgehead atoms. The van der Waals surface area contributed by atoms with Crippen molar-refractivity contribution in [1.29, 1.82) is 5.26 Å². The predicted octanol–water partition coefficient (Wildman–Crippen LogP) is 3.16. The normalized spacial score (nSPS) is 12.2. The second-order valence-electron chi connectivity index (χ2n) is 4.25. The van der Waals surface area contributed by atoms with Crippen molar-refractivity contribution in [3.8, 4) is 6.07 Å². The van der Waals surface area contributed by atoms with E-state index in [4.69, 9.17) is 16.9 Å². The van der Waals surface area contributed by atoms with E-state index in [0.717, 1.165) is 4.88 Å². The SMILES string of the molecule is CC(C)C(C#N)C(=O)N(C)Cc1ccc(Cl)s1. The van der Waals surface area contributed by atoms with Crippen LogP contribution in [-0.4, -0.2) is 17.9 Å². The third-order valence-electron chi connectivity index (χ3n) is 2.47. The predicted molar refractivity (Wildman–Crippen MR) is 69.7 cm³/mol. The smallest absolute Gasteiger partial charge is 0.240 e.